The van der Waals surface area contributed by atoms with Crippen LogP contribution >= 0.6 is 0 Å². The number of hydrogen-bond acceptors (Lipinski definition) is 5. The standard InChI is InChI=1S/C12H25NO4/c1-9(11(14)17-12(2,3)4)7-13-8-10(15-5)16-6/h9-10,13H,7-8H2,1-6H3/t9-/m1/s1. The zero-order chi connectivity index (χ0) is 13.5. The van der Waals surface area contributed by atoms with Crippen LogP contribution in [-0.4, -0.2) is 45.2 Å². The molecule has 1 atom stereocenters. The van der Waals surface area contributed by atoms with E-state index in [0.29, 0.717) is 13.1 Å². The minimum atomic E-state index is -0.438. The summed E-state index contributed by atoms with van der Waals surface area (Å²) in [6, 6.07) is 0. The van der Waals surface area contributed by atoms with Crippen molar-refractivity contribution in [2.24, 2.45) is 5.92 Å². The highest BCUT2D eigenvalue weighted by atomic mass is 16.7. The summed E-state index contributed by atoms with van der Waals surface area (Å²) in [5.74, 6) is -0.389. The van der Waals surface area contributed by atoms with E-state index in [1.165, 1.54) is 0 Å². The van der Waals surface area contributed by atoms with Crippen LogP contribution in [0, 0.1) is 5.92 Å². The van der Waals surface area contributed by atoms with Crippen LogP contribution in [0.1, 0.15) is 27.7 Å². The third-order valence-electron chi connectivity index (χ3n) is 2.10. The van der Waals surface area contributed by atoms with Crippen LogP contribution in [0.4, 0.5) is 0 Å². The van der Waals surface area contributed by atoms with Gasteiger partial charge in [0.15, 0.2) is 6.29 Å². The monoisotopic (exact) mass is 247 g/mol. The zero-order valence-corrected chi connectivity index (χ0v) is 11.7. The second-order valence-corrected chi connectivity index (χ2v) is 4.99. The van der Waals surface area contributed by atoms with Crippen molar-refractivity contribution < 1.29 is 19.0 Å². The molecular formula is C12H25NO4. The lowest BCUT2D eigenvalue weighted by Gasteiger charge is -2.22. The molecule has 0 fully saturated rings. The van der Waals surface area contributed by atoms with Gasteiger partial charge in [-0.05, 0) is 20.8 Å². The van der Waals surface area contributed by atoms with E-state index >= 15 is 0 Å². The van der Waals surface area contributed by atoms with Crippen molar-refractivity contribution in [2.75, 3.05) is 27.3 Å². The van der Waals surface area contributed by atoms with Crippen LogP contribution < -0.4 is 5.32 Å². The van der Waals surface area contributed by atoms with Gasteiger partial charge in [0.1, 0.15) is 5.60 Å². The van der Waals surface area contributed by atoms with Crippen molar-refractivity contribution in [1.29, 1.82) is 0 Å². The molecule has 1 N–H and O–H groups in total. The Hall–Kier alpha value is -0.650. The average molecular weight is 247 g/mol. The molecule has 0 saturated carbocycles. The van der Waals surface area contributed by atoms with Crippen molar-refractivity contribution in [3.05, 3.63) is 0 Å². The van der Waals surface area contributed by atoms with E-state index in [-0.39, 0.29) is 18.2 Å². The molecule has 0 aromatic rings. The van der Waals surface area contributed by atoms with E-state index in [1.54, 1.807) is 14.2 Å². The van der Waals surface area contributed by atoms with Crippen LogP contribution in [-0.2, 0) is 19.0 Å². The van der Waals surface area contributed by atoms with Crippen molar-refractivity contribution in [3.8, 4) is 0 Å². The fraction of sp³-hybridized carbons (Fsp3) is 0.917. The molecule has 17 heavy (non-hydrogen) atoms. The topological polar surface area (TPSA) is 56.8 Å². The smallest absolute Gasteiger partial charge is 0.310 e. The summed E-state index contributed by atoms with van der Waals surface area (Å²) >= 11 is 0. The molecule has 0 heterocycles. The quantitative estimate of drug-likeness (QED) is 0.540. The van der Waals surface area contributed by atoms with Gasteiger partial charge < -0.3 is 19.5 Å². The Labute approximate surface area is 104 Å². The van der Waals surface area contributed by atoms with Gasteiger partial charge in [0.25, 0.3) is 0 Å². The molecule has 0 radical (unpaired) electrons. The van der Waals surface area contributed by atoms with Gasteiger partial charge in [-0.15, -0.1) is 0 Å². The van der Waals surface area contributed by atoms with Gasteiger partial charge in [-0.2, -0.15) is 0 Å². The third kappa shape index (κ3) is 8.12. The first-order chi connectivity index (χ1) is 7.80. The number of nitrogens with one attached hydrogen (secondary N) is 1. The minimum absolute atomic E-state index is 0.191. The summed E-state index contributed by atoms with van der Waals surface area (Å²) in [5, 5.41) is 3.10. The lowest BCUT2D eigenvalue weighted by molar-refractivity contribution is -0.159. The Morgan fingerprint density at radius 3 is 2.12 bits per heavy atom. The van der Waals surface area contributed by atoms with Gasteiger partial charge in [0.05, 0.1) is 5.92 Å². The molecule has 0 aliphatic rings. The highest BCUT2D eigenvalue weighted by Gasteiger charge is 2.21. The van der Waals surface area contributed by atoms with Crippen LogP contribution in [0.3, 0.4) is 0 Å². The second-order valence-electron chi connectivity index (χ2n) is 4.99. The van der Waals surface area contributed by atoms with E-state index in [4.69, 9.17) is 14.2 Å². The molecule has 0 aliphatic carbocycles. The maximum Gasteiger partial charge on any atom is 0.310 e. The van der Waals surface area contributed by atoms with Gasteiger partial charge in [-0.1, -0.05) is 6.92 Å². The number of esters is 1. The second kappa shape index (κ2) is 7.63. The molecule has 0 amide bonds. The summed E-state index contributed by atoms with van der Waals surface area (Å²) in [6.07, 6.45) is -0.291. The van der Waals surface area contributed by atoms with Crippen molar-refractivity contribution in [3.63, 3.8) is 0 Å². The Morgan fingerprint density at radius 1 is 1.18 bits per heavy atom. The molecule has 0 rings (SSSR count). The van der Waals surface area contributed by atoms with Gasteiger partial charge in [-0.3, -0.25) is 4.79 Å². The number of rotatable bonds is 7. The SMILES string of the molecule is COC(CNC[C@@H](C)C(=O)OC(C)(C)C)OC. The number of hydrogen-bond donors (Lipinski definition) is 1. The molecule has 0 spiro atoms. The first-order valence-corrected chi connectivity index (χ1v) is 5.79. The molecule has 0 aromatic carbocycles. The van der Waals surface area contributed by atoms with Crippen molar-refractivity contribution in [1.82, 2.24) is 5.32 Å². The van der Waals surface area contributed by atoms with Crippen LogP contribution in [0.15, 0.2) is 0 Å². The van der Waals surface area contributed by atoms with Crippen LogP contribution in [0.25, 0.3) is 0 Å². The summed E-state index contributed by atoms with van der Waals surface area (Å²) < 4.78 is 15.3. The molecule has 5 heteroatoms. The average Bonchev–Trinajstić information content (AvgIpc) is 2.21. The fourth-order valence-electron chi connectivity index (χ4n) is 1.17. The summed E-state index contributed by atoms with van der Waals surface area (Å²) in [6.45, 7) is 8.48. The minimum Gasteiger partial charge on any atom is -0.460 e. The largest absolute Gasteiger partial charge is 0.460 e. The number of carbonyl (C=O) groups is 1. The van der Waals surface area contributed by atoms with Crippen molar-refractivity contribution >= 4 is 5.97 Å². The first-order valence-electron chi connectivity index (χ1n) is 5.79. The third-order valence-corrected chi connectivity index (χ3v) is 2.10. The van der Waals surface area contributed by atoms with E-state index in [0.717, 1.165) is 0 Å². The maximum atomic E-state index is 11.6. The number of ether oxygens (including phenoxy) is 3. The predicted molar refractivity (Wildman–Crippen MR) is 65.7 cm³/mol. The summed E-state index contributed by atoms with van der Waals surface area (Å²) in [5.41, 5.74) is -0.438. The van der Waals surface area contributed by atoms with Gasteiger partial charge in [-0.25, -0.2) is 0 Å². The van der Waals surface area contributed by atoms with E-state index in [9.17, 15) is 4.79 Å². The molecule has 0 aromatic heterocycles. The molecule has 0 unspecified atom stereocenters. The van der Waals surface area contributed by atoms with Crippen LogP contribution in [0.2, 0.25) is 0 Å². The molecule has 5 nitrogen and oxygen atoms in total. The zero-order valence-electron chi connectivity index (χ0n) is 11.7. The van der Waals surface area contributed by atoms with E-state index in [2.05, 4.69) is 5.32 Å². The molecule has 0 saturated heterocycles. The molecule has 0 aliphatic heterocycles. The fourth-order valence-corrected chi connectivity index (χ4v) is 1.17. The summed E-state index contributed by atoms with van der Waals surface area (Å²) in [7, 11) is 3.15. The van der Waals surface area contributed by atoms with Gasteiger partial charge in [0.2, 0.25) is 0 Å². The van der Waals surface area contributed by atoms with Gasteiger partial charge in [0, 0.05) is 27.3 Å². The highest BCUT2D eigenvalue weighted by Crippen LogP contribution is 2.10. The first kappa shape index (κ1) is 16.4. The lowest BCUT2D eigenvalue weighted by Crippen LogP contribution is -2.36. The highest BCUT2D eigenvalue weighted by molar-refractivity contribution is 5.72. The Balaban J connectivity index is 3.86. The van der Waals surface area contributed by atoms with E-state index < -0.39 is 5.60 Å². The molecular weight excluding hydrogens is 222 g/mol. The van der Waals surface area contributed by atoms with Gasteiger partial charge >= 0.3 is 5.97 Å². The lowest BCUT2D eigenvalue weighted by atomic mass is 10.1. The normalized spacial score (nSPS) is 13.8. The number of carbonyl (C=O) groups excluding carboxylic acids is 1. The Morgan fingerprint density at radius 2 is 1.71 bits per heavy atom. The summed E-state index contributed by atoms with van der Waals surface area (Å²) in [4.78, 5) is 11.6. The Bertz CT molecular complexity index is 221. The van der Waals surface area contributed by atoms with Crippen LogP contribution in [0.5, 0.6) is 0 Å². The molecule has 102 valence electrons. The van der Waals surface area contributed by atoms with Crippen molar-refractivity contribution in [2.45, 2.75) is 39.6 Å². The maximum absolute atomic E-state index is 11.6. The van der Waals surface area contributed by atoms with E-state index in [1.807, 2.05) is 27.7 Å². The molecule has 0 bridgehead atoms. The Kier molecular flexibility index (Phi) is 7.34. The predicted octanol–water partition coefficient (Wildman–Crippen LogP) is 1.17. The number of methoxy groups -OCH3 is 2.